The van der Waals surface area contributed by atoms with Gasteiger partial charge in [0, 0.05) is 50.4 Å². The molecule has 3 N–H and O–H groups in total. The second-order valence-corrected chi connectivity index (χ2v) is 7.71. The average molecular weight is 417 g/mol. The Morgan fingerprint density at radius 2 is 1.61 bits per heavy atom. The smallest absolute Gasteiger partial charge is 0.298 e. The van der Waals surface area contributed by atoms with Crippen molar-refractivity contribution in [2.75, 3.05) is 44.2 Å². The summed E-state index contributed by atoms with van der Waals surface area (Å²) >= 11 is 0. The molecule has 0 bridgehead atoms. The Kier molecular flexibility index (Phi) is 4.91. The number of aromatic nitrogens is 1. The molecular formula is C23H23N5O3. The summed E-state index contributed by atoms with van der Waals surface area (Å²) in [5, 5.41) is 3.10. The zero-order chi connectivity index (χ0) is 21.4. The first-order valence-electron chi connectivity index (χ1n) is 10.4. The fourth-order valence-corrected chi connectivity index (χ4v) is 4.07. The number of allylic oxidation sites excluding steroid dienone is 2. The number of nitrogens with one attached hydrogen (secondary N) is 1. The number of fused-ring (bicyclic) bond motifs is 2. The lowest BCUT2D eigenvalue weighted by atomic mass is 9.90. The standard InChI is InChI=1S/C23H23N5O3/c24-19-20(22(30)16-6-2-1-5-15(16)21(19)29)25-9-10-27-11-13-28(14-12-27)23-26-17-7-3-4-8-18(17)31-23/h1-8,25H,9-14,24H2. The van der Waals surface area contributed by atoms with E-state index in [4.69, 9.17) is 10.2 Å². The lowest BCUT2D eigenvalue weighted by molar-refractivity contribution is 0.0966. The van der Waals surface area contributed by atoms with Gasteiger partial charge in [-0.15, -0.1) is 0 Å². The number of hydrogen-bond donors (Lipinski definition) is 2. The van der Waals surface area contributed by atoms with Crippen LogP contribution in [0.4, 0.5) is 6.01 Å². The third-order valence-electron chi connectivity index (χ3n) is 5.81. The minimum absolute atomic E-state index is 0.00974. The summed E-state index contributed by atoms with van der Waals surface area (Å²) in [5.41, 5.74) is 8.59. The molecule has 2 aromatic carbocycles. The van der Waals surface area contributed by atoms with Crippen LogP contribution in [0, 0.1) is 0 Å². The molecule has 1 saturated heterocycles. The fraction of sp³-hybridized carbons (Fsp3) is 0.261. The summed E-state index contributed by atoms with van der Waals surface area (Å²) < 4.78 is 5.86. The summed E-state index contributed by atoms with van der Waals surface area (Å²) in [7, 11) is 0. The van der Waals surface area contributed by atoms with E-state index >= 15 is 0 Å². The highest BCUT2D eigenvalue weighted by atomic mass is 16.4. The van der Waals surface area contributed by atoms with Crippen LogP contribution in [0.2, 0.25) is 0 Å². The molecule has 0 amide bonds. The number of benzene rings is 2. The third-order valence-corrected chi connectivity index (χ3v) is 5.81. The summed E-state index contributed by atoms with van der Waals surface area (Å²) in [5.74, 6) is -0.530. The highest BCUT2D eigenvalue weighted by Crippen LogP contribution is 2.23. The Bertz CT molecular complexity index is 1160. The molecule has 3 aromatic rings. The van der Waals surface area contributed by atoms with Gasteiger partial charge in [-0.25, -0.2) is 0 Å². The van der Waals surface area contributed by atoms with E-state index in [9.17, 15) is 9.59 Å². The van der Waals surface area contributed by atoms with Crippen molar-refractivity contribution < 1.29 is 14.0 Å². The minimum atomic E-state index is -0.301. The number of hydrogen-bond acceptors (Lipinski definition) is 8. The van der Waals surface area contributed by atoms with Crippen molar-refractivity contribution in [2.45, 2.75) is 0 Å². The quantitative estimate of drug-likeness (QED) is 0.648. The van der Waals surface area contributed by atoms with E-state index in [1.54, 1.807) is 24.3 Å². The second kappa shape index (κ2) is 7.88. The second-order valence-electron chi connectivity index (χ2n) is 7.71. The molecule has 2 heterocycles. The summed E-state index contributed by atoms with van der Waals surface area (Å²) in [4.78, 5) is 34.2. The lowest BCUT2D eigenvalue weighted by Crippen LogP contribution is -2.48. The van der Waals surface area contributed by atoms with Crippen molar-refractivity contribution in [2.24, 2.45) is 5.73 Å². The van der Waals surface area contributed by atoms with Gasteiger partial charge < -0.3 is 20.4 Å². The average Bonchev–Trinajstić information content (AvgIpc) is 3.24. The number of oxazole rings is 1. The van der Waals surface area contributed by atoms with Gasteiger partial charge in [-0.2, -0.15) is 4.98 Å². The van der Waals surface area contributed by atoms with Crippen molar-refractivity contribution in [3.63, 3.8) is 0 Å². The Morgan fingerprint density at radius 3 is 2.35 bits per heavy atom. The van der Waals surface area contributed by atoms with Crippen molar-refractivity contribution in [1.29, 1.82) is 0 Å². The number of nitrogens with zero attached hydrogens (tertiary/aromatic N) is 3. The normalized spacial score (nSPS) is 17.4. The van der Waals surface area contributed by atoms with Gasteiger partial charge in [-0.1, -0.05) is 36.4 Å². The molecule has 0 unspecified atom stereocenters. The maximum atomic E-state index is 12.7. The summed E-state index contributed by atoms with van der Waals surface area (Å²) in [6, 6.07) is 15.2. The highest BCUT2D eigenvalue weighted by molar-refractivity contribution is 6.26. The van der Waals surface area contributed by atoms with E-state index in [1.807, 2.05) is 24.3 Å². The van der Waals surface area contributed by atoms with Gasteiger partial charge in [0.05, 0.1) is 0 Å². The number of para-hydroxylation sites is 2. The minimum Gasteiger partial charge on any atom is -0.423 e. The summed E-state index contributed by atoms with van der Waals surface area (Å²) in [6.45, 7) is 4.58. The Morgan fingerprint density at radius 1 is 0.935 bits per heavy atom. The van der Waals surface area contributed by atoms with Gasteiger partial charge in [0.25, 0.3) is 6.01 Å². The first kappa shape index (κ1) is 19.3. The number of carbonyl (C=O) groups excluding carboxylic acids is 2. The van der Waals surface area contributed by atoms with Crippen LogP contribution in [0.5, 0.6) is 0 Å². The van der Waals surface area contributed by atoms with Crippen LogP contribution in [-0.2, 0) is 0 Å². The first-order chi connectivity index (χ1) is 15.1. The molecule has 158 valence electrons. The maximum Gasteiger partial charge on any atom is 0.298 e. The van der Waals surface area contributed by atoms with Gasteiger partial charge in [-0.05, 0) is 12.1 Å². The largest absolute Gasteiger partial charge is 0.423 e. The Balaban J connectivity index is 1.16. The molecule has 0 spiro atoms. The maximum absolute atomic E-state index is 12.7. The van der Waals surface area contributed by atoms with Crippen LogP contribution in [0.25, 0.3) is 11.1 Å². The Hall–Kier alpha value is -3.65. The van der Waals surface area contributed by atoms with Crippen LogP contribution < -0.4 is 16.0 Å². The molecule has 0 radical (unpaired) electrons. The molecule has 5 rings (SSSR count). The van der Waals surface area contributed by atoms with E-state index in [0.717, 1.165) is 43.8 Å². The molecule has 31 heavy (non-hydrogen) atoms. The van der Waals surface area contributed by atoms with Crippen LogP contribution >= 0.6 is 0 Å². The van der Waals surface area contributed by atoms with E-state index in [2.05, 4.69) is 20.1 Å². The lowest BCUT2D eigenvalue weighted by Gasteiger charge is -2.34. The number of ketones is 2. The van der Waals surface area contributed by atoms with Crippen LogP contribution in [0.1, 0.15) is 20.7 Å². The molecule has 2 aliphatic rings. The number of nitrogens with two attached hydrogens (primary N) is 1. The van der Waals surface area contributed by atoms with Gasteiger partial charge in [0.1, 0.15) is 16.9 Å². The third kappa shape index (κ3) is 3.55. The summed E-state index contributed by atoms with van der Waals surface area (Å²) in [6.07, 6.45) is 0. The zero-order valence-corrected chi connectivity index (χ0v) is 17.0. The zero-order valence-electron chi connectivity index (χ0n) is 17.0. The number of carbonyl (C=O) groups is 2. The van der Waals surface area contributed by atoms with Crippen molar-refractivity contribution in [1.82, 2.24) is 15.2 Å². The Labute approximate surface area is 179 Å². The van der Waals surface area contributed by atoms with Gasteiger partial charge in [-0.3, -0.25) is 14.5 Å². The molecule has 8 heteroatoms. The van der Waals surface area contributed by atoms with Crippen LogP contribution in [-0.4, -0.2) is 60.7 Å². The van der Waals surface area contributed by atoms with E-state index in [0.29, 0.717) is 23.7 Å². The number of Topliss-reactive ketones (excluding diaryl/α,β-unsaturated/α-hetero) is 2. The highest BCUT2D eigenvalue weighted by Gasteiger charge is 2.30. The van der Waals surface area contributed by atoms with E-state index in [1.165, 1.54) is 0 Å². The molecule has 1 aliphatic heterocycles. The fourth-order valence-electron chi connectivity index (χ4n) is 4.07. The number of anilines is 1. The van der Waals surface area contributed by atoms with Crippen molar-refractivity contribution in [3.8, 4) is 0 Å². The van der Waals surface area contributed by atoms with E-state index < -0.39 is 0 Å². The predicted octanol–water partition coefficient (Wildman–Crippen LogP) is 1.79. The first-order valence-corrected chi connectivity index (χ1v) is 10.4. The monoisotopic (exact) mass is 417 g/mol. The molecule has 1 aromatic heterocycles. The van der Waals surface area contributed by atoms with Crippen molar-refractivity contribution in [3.05, 3.63) is 71.1 Å². The van der Waals surface area contributed by atoms with E-state index in [-0.39, 0.29) is 23.0 Å². The van der Waals surface area contributed by atoms with Gasteiger partial charge >= 0.3 is 0 Å². The van der Waals surface area contributed by atoms with Crippen LogP contribution in [0.3, 0.4) is 0 Å². The SMILES string of the molecule is NC1=C(NCCN2CCN(c3nc4ccccc4o3)CC2)C(=O)c2ccccc2C1=O. The molecular weight excluding hydrogens is 394 g/mol. The topological polar surface area (TPSA) is 105 Å². The van der Waals surface area contributed by atoms with Gasteiger partial charge in [0.15, 0.2) is 5.58 Å². The van der Waals surface area contributed by atoms with Crippen LogP contribution in [0.15, 0.2) is 64.3 Å². The number of rotatable bonds is 5. The number of piperazine rings is 1. The molecule has 8 nitrogen and oxygen atoms in total. The molecule has 1 fully saturated rings. The molecule has 1 aliphatic carbocycles. The molecule has 0 atom stereocenters. The van der Waals surface area contributed by atoms with Crippen molar-refractivity contribution >= 4 is 28.7 Å². The van der Waals surface area contributed by atoms with Gasteiger partial charge in [0.2, 0.25) is 11.6 Å². The predicted molar refractivity (Wildman–Crippen MR) is 117 cm³/mol. The molecule has 0 saturated carbocycles.